The largest absolute Gasteiger partial charge is 0.294 e. The van der Waals surface area contributed by atoms with Crippen molar-refractivity contribution in [3.05, 3.63) is 63.4 Å². The van der Waals surface area contributed by atoms with Crippen molar-refractivity contribution in [3.8, 4) is 0 Å². The van der Waals surface area contributed by atoms with Crippen molar-refractivity contribution in [2.75, 3.05) is 0 Å². The summed E-state index contributed by atoms with van der Waals surface area (Å²) in [5.74, 6) is 0.0226. The lowest BCUT2D eigenvalue weighted by molar-refractivity contribution is 0.0982. The first-order valence-electron chi connectivity index (χ1n) is 5.97. The smallest absolute Gasteiger partial charge is 0.163 e. The third-order valence-electron chi connectivity index (χ3n) is 2.97. The van der Waals surface area contributed by atoms with Gasteiger partial charge in [0.25, 0.3) is 0 Å². The van der Waals surface area contributed by atoms with Crippen LogP contribution in [0.1, 0.15) is 27.9 Å². The van der Waals surface area contributed by atoms with Gasteiger partial charge < -0.3 is 0 Å². The Morgan fingerprint density at radius 3 is 2.42 bits per heavy atom. The minimum absolute atomic E-state index is 0.0226. The maximum absolute atomic E-state index is 12.1. The Labute approximate surface area is 122 Å². The van der Waals surface area contributed by atoms with E-state index >= 15 is 0 Å². The van der Waals surface area contributed by atoms with E-state index < -0.39 is 0 Å². The number of carbonyl (C=O) groups is 1. The second-order valence-corrected chi connectivity index (χ2v) is 5.13. The van der Waals surface area contributed by atoms with Crippen LogP contribution in [0.15, 0.2) is 36.4 Å². The van der Waals surface area contributed by atoms with Gasteiger partial charge in [-0.3, -0.25) is 4.79 Å². The number of aromatic nitrogens is 1. The maximum atomic E-state index is 12.1. The standard InChI is InChI=1S/C15H13Cl2NO/c1-10-4-2-3-5-11(10)6-7-13(19)12-8-14(16)18-15(17)9-12/h2-5,8-9H,6-7H2,1H3. The van der Waals surface area contributed by atoms with E-state index in [0.717, 1.165) is 0 Å². The van der Waals surface area contributed by atoms with Gasteiger partial charge in [-0.15, -0.1) is 0 Å². The van der Waals surface area contributed by atoms with E-state index in [-0.39, 0.29) is 16.1 Å². The number of rotatable bonds is 4. The molecule has 0 fully saturated rings. The third kappa shape index (κ3) is 3.79. The molecule has 0 aliphatic rings. The Bertz CT molecular complexity index is 591. The highest BCUT2D eigenvalue weighted by Crippen LogP contribution is 2.17. The summed E-state index contributed by atoms with van der Waals surface area (Å²) in [6, 6.07) is 11.1. The van der Waals surface area contributed by atoms with Crippen LogP contribution < -0.4 is 0 Å². The molecule has 19 heavy (non-hydrogen) atoms. The van der Waals surface area contributed by atoms with Crippen LogP contribution in [0.2, 0.25) is 10.3 Å². The molecule has 4 heteroatoms. The predicted octanol–water partition coefficient (Wildman–Crippen LogP) is 4.51. The lowest BCUT2D eigenvalue weighted by Crippen LogP contribution is -2.02. The predicted molar refractivity (Wildman–Crippen MR) is 78.1 cm³/mol. The quantitative estimate of drug-likeness (QED) is 0.613. The molecule has 98 valence electrons. The number of pyridine rings is 1. The molecular formula is C15H13Cl2NO. The zero-order valence-electron chi connectivity index (χ0n) is 10.5. The van der Waals surface area contributed by atoms with Crippen LogP contribution in [0.5, 0.6) is 0 Å². The molecule has 0 amide bonds. The second-order valence-electron chi connectivity index (χ2n) is 4.35. The average Bonchev–Trinajstić information content (AvgIpc) is 2.36. The summed E-state index contributed by atoms with van der Waals surface area (Å²) in [7, 11) is 0. The third-order valence-corrected chi connectivity index (χ3v) is 3.35. The molecule has 0 saturated heterocycles. The normalized spacial score (nSPS) is 10.5. The maximum Gasteiger partial charge on any atom is 0.163 e. The lowest BCUT2D eigenvalue weighted by atomic mass is 10.0. The molecule has 2 aromatic rings. The molecule has 1 aromatic carbocycles. The Morgan fingerprint density at radius 2 is 1.79 bits per heavy atom. The molecule has 0 aliphatic heterocycles. The van der Waals surface area contributed by atoms with Crippen molar-refractivity contribution in [2.45, 2.75) is 19.8 Å². The minimum atomic E-state index is 0.0226. The highest BCUT2D eigenvalue weighted by atomic mass is 35.5. The van der Waals surface area contributed by atoms with Crippen molar-refractivity contribution in [3.63, 3.8) is 0 Å². The SMILES string of the molecule is Cc1ccccc1CCC(=O)c1cc(Cl)nc(Cl)c1. The molecule has 0 unspecified atom stereocenters. The highest BCUT2D eigenvalue weighted by Gasteiger charge is 2.09. The molecule has 0 atom stereocenters. The first-order valence-corrected chi connectivity index (χ1v) is 6.72. The van der Waals surface area contributed by atoms with Crippen LogP contribution >= 0.6 is 23.2 Å². The average molecular weight is 294 g/mol. The van der Waals surface area contributed by atoms with Crippen LogP contribution in [0.25, 0.3) is 0 Å². The van der Waals surface area contributed by atoms with Crippen molar-refractivity contribution < 1.29 is 4.79 Å². The van der Waals surface area contributed by atoms with E-state index in [9.17, 15) is 4.79 Å². The summed E-state index contributed by atoms with van der Waals surface area (Å²) in [6.07, 6.45) is 1.14. The van der Waals surface area contributed by atoms with E-state index in [1.807, 2.05) is 31.2 Å². The summed E-state index contributed by atoms with van der Waals surface area (Å²) in [5, 5.41) is 0.485. The number of hydrogen-bond acceptors (Lipinski definition) is 2. The number of carbonyl (C=O) groups excluding carboxylic acids is 1. The Kier molecular flexibility index (Phi) is 4.56. The van der Waals surface area contributed by atoms with Crippen LogP contribution in [0.3, 0.4) is 0 Å². The van der Waals surface area contributed by atoms with Gasteiger partial charge in [-0.25, -0.2) is 4.98 Å². The number of ketones is 1. The molecule has 1 aromatic heterocycles. The number of nitrogens with zero attached hydrogens (tertiary/aromatic N) is 1. The Balaban J connectivity index is 2.08. The topological polar surface area (TPSA) is 30.0 Å². The number of benzene rings is 1. The van der Waals surface area contributed by atoms with Gasteiger partial charge in [-0.1, -0.05) is 47.5 Å². The molecule has 2 rings (SSSR count). The molecule has 1 heterocycles. The van der Waals surface area contributed by atoms with Crippen LogP contribution in [0, 0.1) is 6.92 Å². The van der Waals surface area contributed by atoms with Crippen molar-refractivity contribution in [1.82, 2.24) is 4.98 Å². The van der Waals surface area contributed by atoms with Crippen LogP contribution in [-0.2, 0) is 6.42 Å². The number of Topliss-reactive ketones (excluding diaryl/α,β-unsaturated/α-hetero) is 1. The Hall–Kier alpha value is -1.38. The van der Waals surface area contributed by atoms with Crippen molar-refractivity contribution >= 4 is 29.0 Å². The molecule has 0 aliphatic carbocycles. The monoisotopic (exact) mass is 293 g/mol. The number of aryl methyl sites for hydroxylation is 2. The summed E-state index contributed by atoms with van der Waals surface area (Å²) < 4.78 is 0. The summed E-state index contributed by atoms with van der Waals surface area (Å²) in [4.78, 5) is 15.9. The van der Waals surface area contributed by atoms with Gasteiger partial charge in [-0.2, -0.15) is 0 Å². The number of halogens is 2. The first kappa shape index (κ1) is 14.0. The van der Waals surface area contributed by atoms with Gasteiger partial charge >= 0.3 is 0 Å². The zero-order valence-corrected chi connectivity index (χ0v) is 12.0. The zero-order chi connectivity index (χ0) is 13.8. The fourth-order valence-corrected chi connectivity index (χ4v) is 2.37. The summed E-state index contributed by atoms with van der Waals surface area (Å²) in [6.45, 7) is 2.04. The van der Waals surface area contributed by atoms with Gasteiger partial charge in [-0.05, 0) is 36.6 Å². The second kappa shape index (κ2) is 6.18. The molecule has 2 nitrogen and oxygen atoms in total. The lowest BCUT2D eigenvalue weighted by Gasteiger charge is -2.05. The number of hydrogen-bond donors (Lipinski definition) is 0. The molecule has 0 N–H and O–H groups in total. The van der Waals surface area contributed by atoms with Gasteiger partial charge in [0.05, 0.1) is 0 Å². The van der Waals surface area contributed by atoms with Crippen LogP contribution in [0.4, 0.5) is 0 Å². The van der Waals surface area contributed by atoms with Crippen molar-refractivity contribution in [1.29, 1.82) is 0 Å². The van der Waals surface area contributed by atoms with Gasteiger partial charge in [0, 0.05) is 12.0 Å². The highest BCUT2D eigenvalue weighted by molar-refractivity contribution is 6.33. The molecule has 0 saturated carbocycles. The van der Waals surface area contributed by atoms with E-state index in [1.54, 1.807) is 12.1 Å². The molecule has 0 spiro atoms. The van der Waals surface area contributed by atoms with Crippen LogP contribution in [-0.4, -0.2) is 10.8 Å². The molecular weight excluding hydrogens is 281 g/mol. The fraction of sp³-hybridized carbons (Fsp3) is 0.200. The van der Waals surface area contributed by atoms with Gasteiger partial charge in [0.1, 0.15) is 10.3 Å². The van der Waals surface area contributed by atoms with E-state index in [2.05, 4.69) is 4.98 Å². The molecule has 0 bridgehead atoms. The molecule has 0 radical (unpaired) electrons. The summed E-state index contributed by atoms with van der Waals surface area (Å²) in [5.41, 5.74) is 2.89. The van der Waals surface area contributed by atoms with Gasteiger partial charge in [0.2, 0.25) is 0 Å². The van der Waals surface area contributed by atoms with Gasteiger partial charge in [0.15, 0.2) is 5.78 Å². The first-order chi connectivity index (χ1) is 9.06. The Morgan fingerprint density at radius 1 is 1.16 bits per heavy atom. The van der Waals surface area contributed by atoms with E-state index in [4.69, 9.17) is 23.2 Å². The fourth-order valence-electron chi connectivity index (χ4n) is 1.91. The minimum Gasteiger partial charge on any atom is -0.294 e. The van der Waals surface area contributed by atoms with E-state index in [1.165, 1.54) is 11.1 Å². The van der Waals surface area contributed by atoms with E-state index in [0.29, 0.717) is 18.4 Å². The van der Waals surface area contributed by atoms with Crippen molar-refractivity contribution in [2.24, 2.45) is 0 Å². The summed E-state index contributed by atoms with van der Waals surface area (Å²) >= 11 is 11.6.